The van der Waals surface area contributed by atoms with E-state index in [1.807, 2.05) is 32.0 Å². The van der Waals surface area contributed by atoms with Crippen LogP contribution in [0.2, 0.25) is 0 Å². The molecule has 2 aromatic heterocycles. The number of rotatable bonds is 8. The van der Waals surface area contributed by atoms with Crippen LogP contribution in [0.4, 0.5) is 11.5 Å². The van der Waals surface area contributed by atoms with Gasteiger partial charge in [0.25, 0.3) is 0 Å². The fourth-order valence-corrected chi connectivity index (χ4v) is 4.82. The van der Waals surface area contributed by atoms with Crippen molar-refractivity contribution in [1.82, 2.24) is 15.0 Å². The first-order valence-corrected chi connectivity index (χ1v) is 12.3. The summed E-state index contributed by atoms with van der Waals surface area (Å²) >= 11 is 3.43. The number of fused-ring (bicyclic) bond motifs is 1. The lowest BCUT2D eigenvalue weighted by molar-refractivity contribution is 0.0680. The van der Waals surface area contributed by atoms with Gasteiger partial charge in [-0.3, -0.25) is 4.79 Å². The molecule has 0 radical (unpaired) electrons. The van der Waals surface area contributed by atoms with Gasteiger partial charge >= 0.3 is 0 Å². The van der Waals surface area contributed by atoms with E-state index in [2.05, 4.69) is 42.9 Å². The highest BCUT2D eigenvalue weighted by molar-refractivity contribution is 14.1. The number of ether oxygens (including phenoxy) is 2. The number of carbonyl (C=O) groups is 1. The quantitative estimate of drug-likeness (QED) is 0.218. The van der Waals surface area contributed by atoms with E-state index in [-0.39, 0.29) is 22.6 Å². The van der Waals surface area contributed by atoms with Crippen molar-refractivity contribution in [1.29, 1.82) is 5.41 Å². The number of hydrogen-bond donors (Lipinski definition) is 2. The summed E-state index contributed by atoms with van der Waals surface area (Å²) in [4.78, 5) is 26.6. The molecule has 1 saturated heterocycles. The van der Waals surface area contributed by atoms with Gasteiger partial charge in [-0.15, -0.1) is 0 Å². The molecule has 0 saturated carbocycles. The second-order valence-corrected chi connectivity index (χ2v) is 10.1. The molecule has 3 aromatic rings. The van der Waals surface area contributed by atoms with Crippen molar-refractivity contribution in [2.45, 2.75) is 39.2 Å². The standard InChI is InChI=1S/C22H24IN5O3S/c1-12(2)31-17-10-14(23)3-4-16(17)27-20-18-21(26-11-25-20)32-22(28-18)19(29)15(24)9-13-5-7-30-8-6-13/h3-4,10-13,24H,5-9H2,1-2H3,(H,25,26,27). The molecule has 0 bridgehead atoms. The maximum absolute atomic E-state index is 12.9. The molecular weight excluding hydrogens is 541 g/mol. The molecule has 0 amide bonds. The number of halogens is 1. The minimum absolute atomic E-state index is 0.0180. The molecule has 0 unspecified atom stereocenters. The van der Waals surface area contributed by atoms with Crippen molar-refractivity contribution in [3.8, 4) is 5.75 Å². The van der Waals surface area contributed by atoms with E-state index in [1.165, 1.54) is 17.7 Å². The SMILES string of the molecule is CC(C)Oc1cc(I)ccc1Nc1ncnc2sc(C(=O)C(=N)CC3CCOCC3)nc12. The summed E-state index contributed by atoms with van der Waals surface area (Å²) < 4.78 is 12.4. The number of anilines is 2. The first-order valence-electron chi connectivity index (χ1n) is 10.5. The summed E-state index contributed by atoms with van der Waals surface area (Å²) in [6.45, 7) is 5.33. The number of aromatic nitrogens is 3. The van der Waals surface area contributed by atoms with Crippen LogP contribution in [0, 0.1) is 14.9 Å². The molecule has 4 rings (SSSR count). The van der Waals surface area contributed by atoms with Crippen LogP contribution in [-0.2, 0) is 4.74 Å². The Balaban J connectivity index is 1.57. The van der Waals surface area contributed by atoms with Gasteiger partial charge in [0.15, 0.2) is 10.8 Å². The molecule has 2 N–H and O–H groups in total. The number of nitrogens with zero attached hydrogens (tertiary/aromatic N) is 3. The van der Waals surface area contributed by atoms with Crippen molar-refractivity contribution in [2.75, 3.05) is 18.5 Å². The number of nitrogens with one attached hydrogen (secondary N) is 2. The molecule has 1 aliphatic rings. The van der Waals surface area contributed by atoms with Crippen molar-refractivity contribution in [3.05, 3.63) is 33.1 Å². The molecule has 1 aromatic carbocycles. The molecule has 1 aliphatic heterocycles. The zero-order chi connectivity index (χ0) is 22.7. The Bertz CT molecular complexity index is 1140. The maximum atomic E-state index is 12.9. The van der Waals surface area contributed by atoms with Crippen LogP contribution in [0.1, 0.15) is 42.9 Å². The molecule has 0 atom stereocenters. The van der Waals surface area contributed by atoms with Crippen LogP contribution < -0.4 is 10.1 Å². The van der Waals surface area contributed by atoms with Crippen molar-refractivity contribution < 1.29 is 14.3 Å². The molecular formula is C22H24IN5O3S. The summed E-state index contributed by atoms with van der Waals surface area (Å²) in [7, 11) is 0. The van der Waals surface area contributed by atoms with Crippen LogP contribution >= 0.6 is 33.9 Å². The lowest BCUT2D eigenvalue weighted by atomic mass is 9.93. The second-order valence-electron chi connectivity index (χ2n) is 7.89. The van der Waals surface area contributed by atoms with Crippen LogP contribution in [0.3, 0.4) is 0 Å². The minimum atomic E-state index is -0.344. The van der Waals surface area contributed by atoms with Gasteiger partial charge in [-0.05, 0) is 79.8 Å². The number of thiazole rings is 1. The van der Waals surface area contributed by atoms with E-state index in [0.29, 0.717) is 47.5 Å². The smallest absolute Gasteiger partial charge is 0.235 e. The monoisotopic (exact) mass is 565 g/mol. The topological polar surface area (TPSA) is 110 Å². The molecule has 32 heavy (non-hydrogen) atoms. The number of hydrogen-bond acceptors (Lipinski definition) is 9. The van der Waals surface area contributed by atoms with Crippen LogP contribution in [0.25, 0.3) is 10.3 Å². The van der Waals surface area contributed by atoms with Crippen molar-refractivity contribution in [2.24, 2.45) is 5.92 Å². The van der Waals surface area contributed by atoms with Crippen molar-refractivity contribution in [3.63, 3.8) is 0 Å². The number of benzene rings is 1. The molecule has 8 nitrogen and oxygen atoms in total. The third kappa shape index (κ3) is 5.41. The average Bonchev–Trinajstić information content (AvgIpc) is 3.20. The van der Waals surface area contributed by atoms with E-state index in [1.54, 1.807) is 0 Å². The summed E-state index contributed by atoms with van der Waals surface area (Å²) in [5.41, 5.74) is 1.35. The Morgan fingerprint density at radius 2 is 2.12 bits per heavy atom. The van der Waals surface area contributed by atoms with Gasteiger partial charge < -0.3 is 20.2 Å². The predicted octanol–water partition coefficient (Wildman–Crippen LogP) is 5.24. The largest absolute Gasteiger partial charge is 0.489 e. The van der Waals surface area contributed by atoms with E-state index in [9.17, 15) is 4.79 Å². The predicted molar refractivity (Wildman–Crippen MR) is 134 cm³/mol. The Hall–Kier alpha value is -2.18. The lowest BCUT2D eigenvalue weighted by Crippen LogP contribution is -2.22. The number of Topliss-reactive ketones (excluding diaryl/α,β-unsaturated/α-hetero) is 1. The van der Waals surface area contributed by atoms with Gasteiger partial charge in [0.1, 0.15) is 22.4 Å². The number of carbonyl (C=O) groups excluding carboxylic acids is 1. The van der Waals surface area contributed by atoms with Gasteiger partial charge in [0, 0.05) is 16.8 Å². The first-order chi connectivity index (χ1) is 15.4. The molecule has 1 fully saturated rings. The Morgan fingerprint density at radius 1 is 1.34 bits per heavy atom. The lowest BCUT2D eigenvalue weighted by Gasteiger charge is -2.21. The van der Waals surface area contributed by atoms with Crippen molar-refractivity contribution >= 4 is 67.3 Å². The van der Waals surface area contributed by atoms with Gasteiger partial charge in [-0.2, -0.15) is 0 Å². The van der Waals surface area contributed by atoms with Gasteiger partial charge in [-0.25, -0.2) is 15.0 Å². The number of ketones is 1. The van der Waals surface area contributed by atoms with Crippen LogP contribution in [0.5, 0.6) is 5.75 Å². The van der Waals surface area contributed by atoms with E-state index < -0.39 is 0 Å². The zero-order valence-electron chi connectivity index (χ0n) is 17.9. The highest BCUT2D eigenvalue weighted by atomic mass is 127. The first kappa shape index (κ1) is 23.0. The molecule has 10 heteroatoms. The van der Waals surface area contributed by atoms with Gasteiger partial charge in [0.2, 0.25) is 5.78 Å². The molecule has 168 valence electrons. The average molecular weight is 565 g/mol. The highest BCUT2D eigenvalue weighted by Gasteiger charge is 2.24. The Labute approximate surface area is 203 Å². The minimum Gasteiger partial charge on any atom is -0.489 e. The molecule has 0 aliphatic carbocycles. The Morgan fingerprint density at radius 3 is 2.88 bits per heavy atom. The summed E-state index contributed by atoms with van der Waals surface area (Å²) in [6, 6.07) is 5.85. The van der Waals surface area contributed by atoms with Crippen LogP contribution in [0.15, 0.2) is 24.5 Å². The van der Waals surface area contributed by atoms with Gasteiger partial charge in [0.05, 0.1) is 17.5 Å². The summed E-state index contributed by atoms with van der Waals surface area (Å²) in [6.07, 6.45) is 3.68. The molecule has 3 heterocycles. The van der Waals surface area contributed by atoms with Gasteiger partial charge in [-0.1, -0.05) is 11.3 Å². The van der Waals surface area contributed by atoms with E-state index in [4.69, 9.17) is 14.9 Å². The summed E-state index contributed by atoms with van der Waals surface area (Å²) in [5, 5.41) is 11.8. The van der Waals surface area contributed by atoms with E-state index in [0.717, 1.165) is 22.1 Å². The fourth-order valence-electron chi connectivity index (χ4n) is 3.48. The fraction of sp³-hybridized carbons (Fsp3) is 0.409. The second kappa shape index (κ2) is 10.2. The van der Waals surface area contributed by atoms with Crippen LogP contribution in [-0.4, -0.2) is 45.8 Å². The third-order valence-corrected chi connectivity index (χ3v) is 6.69. The van der Waals surface area contributed by atoms with E-state index >= 15 is 0 Å². The summed E-state index contributed by atoms with van der Waals surface area (Å²) in [5.74, 6) is 1.18. The Kier molecular flexibility index (Phi) is 7.31. The zero-order valence-corrected chi connectivity index (χ0v) is 20.8. The normalized spacial score (nSPS) is 14.6. The maximum Gasteiger partial charge on any atom is 0.235 e. The molecule has 0 spiro atoms. The third-order valence-electron chi connectivity index (χ3n) is 5.06. The highest BCUT2D eigenvalue weighted by Crippen LogP contribution is 2.33.